The van der Waals surface area contributed by atoms with Crippen molar-refractivity contribution in [3.05, 3.63) is 29.3 Å². The van der Waals surface area contributed by atoms with Crippen molar-refractivity contribution in [2.24, 2.45) is 17.8 Å². The molecule has 4 atom stereocenters. The molecule has 2 aliphatic carbocycles. The quantitative estimate of drug-likeness (QED) is 0.901. The van der Waals surface area contributed by atoms with Gasteiger partial charge in [-0.15, -0.1) is 0 Å². The topological polar surface area (TPSA) is 38.3 Å². The van der Waals surface area contributed by atoms with Crippen molar-refractivity contribution in [3.8, 4) is 5.75 Å². The van der Waals surface area contributed by atoms with E-state index < -0.39 is 0 Å². The van der Waals surface area contributed by atoms with Crippen molar-refractivity contribution in [2.45, 2.75) is 38.6 Å². The summed E-state index contributed by atoms with van der Waals surface area (Å²) in [5.41, 5.74) is 0. The van der Waals surface area contributed by atoms with Crippen molar-refractivity contribution in [2.75, 3.05) is 6.61 Å². The molecule has 21 heavy (non-hydrogen) atoms. The Morgan fingerprint density at radius 1 is 1.38 bits per heavy atom. The molecule has 0 unspecified atom stereocenters. The van der Waals surface area contributed by atoms with Gasteiger partial charge in [-0.25, -0.2) is 0 Å². The van der Waals surface area contributed by atoms with E-state index in [1.54, 1.807) is 12.1 Å². The third kappa shape index (κ3) is 3.34. The molecule has 1 N–H and O–H groups in total. The highest BCUT2D eigenvalue weighted by Crippen LogP contribution is 2.49. The van der Waals surface area contributed by atoms with Gasteiger partial charge in [-0.3, -0.25) is 4.79 Å². The Kier molecular flexibility index (Phi) is 4.39. The van der Waals surface area contributed by atoms with Gasteiger partial charge in [-0.2, -0.15) is 0 Å². The van der Waals surface area contributed by atoms with E-state index in [1.165, 1.54) is 25.7 Å². The Morgan fingerprint density at radius 2 is 2.19 bits per heavy atom. The lowest BCUT2D eigenvalue weighted by Crippen LogP contribution is -2.42. The molecule has 0 radical (unpaired) electrons. The molecule has 0 spiro atoms. The molecule has 2 saturated carbocycles. The summed E-state index contributed by atoms with van der Waals surface area (Å²) in [4.78, 5) is 12.0. The van der Waals surface area contributed by atoms with Crippen LogP contribution in [0.1, 0.15) is 32.6 Å². The molecule has 1 aromatic rings. The second kappa shape index (κ2) is 6.27. The van der Waals surface area contributed by atoms with Crippen LogP contribution < -0.4 is 10.1 Å². The number of rotatable bonds is 5. The highest BCUT2D eigenvalue weighted by atomic mass is 35.5. The second-order valence-electron chi connectivity index (χ2n) is 6.41. The lowest BCUT2D eigenvalue weighted by atomic mass is 9.84. The molecule has 2 aliphatic rings. The normalized spacial score (nSPS) is 28.4. The number of para-hydroxylation sites is 1. The zero-order valence-electron chi connectivity index (χ0n) is 12.3. The zero-order chi connectivity index (χ0) is 14.8. The average molecular weight is 308 g/mol. The third-order valence-corrected chi connectivity index (χ3v) is 5.33. The predicted molar refractivity (Wildman–Crippen MR) is 83.5 cm³/mol. The van der Waals surface area contributed by atoms with E-state index >= 15 is 0 Å². The third-order valence-electron chi connectivity index (χ3n) is 5.02. The number of benzene rings is 1. The predicted octanol–water partition coefficient (Wildman–Crippen LogP) is 3.66. The summed E-state index contributed by atoms with van der Waals surface area (Å²) < 4.78 is 5.48. The van der Waals surface area contributed by atoms with E-state index in [9.17, 15) is 4.79 Å². The minimum Gasteiger partial charge on any atom is -0.482 e. The van der Waals surface area contributed by atoms with Crippen LogP contribution in [0.5, 0.6) is 5.75 Å². The van der Waals surface area contributed by atoms with Crippen LogP contribution in [0.3, 0.4) is 0 Å². The molecular weight excluding hydrogens is 286 g/mol. The number of halogens is 1. The number of carbonyl (C=O) groups is 1. The maximum absolute atomic E-state index is 12.0. The van der Waals surface area contributed by atoms with Crippen LogP contribution in [-0.4, -0.2) is 18.6 Å². The fraction of sp³-hybridized carbons (Fsp3) is 0.588. The Bertz CT molecular complexity index is 519. The molecule has 4 heteroatoms. The van der Waals surface area contributed by atoms with Gasteiger partial charge in [-0.05, 0) is 56.1 Å². The van der Waals surface area contributed by atoms with Crippen molar-refractivity contribution in [1.29, 1.82) is 0 Å². The minimum atomic E-state index is -0.0646. The average Bonchev–Trinajstić information content (AvgIpc) is 3.09. The van der Waals surface area contributed by atoms with Gasteiger partial charge in [0.25, 0.3) is 5.91 Å². The van der Waals surface area contributed by atoms with Crippen LogP contribution in [0.25, 0.3) is 0 Å². The molecule has 2 fully saturated rings. The number of ether oxygens (including phenoxy) is 1. The van der Waals surface area contributed by atoms with Crippen molar-refractivity contribution >= 4 is 17.5 Å². The highest BCUT2D eigenvalue weighted by molar-refractivity contribution is 6.32. The Morgan fingerprint density at radius 3 is 2.86 bits per heavy atom. The lowest BCUT2D eigenvalue weighted by molar-refractivity contribution is -0.124. The standard InChI is InChI=1S/C17H22ClNO2/c1-11(14-9-12-6-7-13(14)8-12)19-17(20)10-21-16-5-3-2-4-15(16)18/h2-5,11-14H,6-10H2,1H3,(H,19,20)/t11-,12+,13+,14-/m0/s1. The van der Waals surface area contributed by atoms with Crippen LogP contribution in [0.15, 0.2) is 24.3 Å². The van der Waals surface area contributed by atoms with Gasteiger partial charge in [0.2, 0.25) is 0 Å². The molecule has 0 aliphatic heterocycles. The Hall–Kier alpha value is -1.22. The molecular formula is C17H22ClNO2. The summed E-state index contributed by atoms with van der Waals surface area (Å²) in [5.74, 6) is 2.86. The molecule has 0 heterocycles. The van der Waals surface area contributed by atoms with Gasteiger partial charge in [0, 0.05) is 6.04 Å². The van der Waals surface area contributed by atoms with Crippen LogP contribution >= 0.6 is 11.6 Å². The van der Waals surface area contributed by atoms with Crippen molar-refractivity contribution in [3.63, 3.8) is 0 Å². The second-order valence-corrected chi connectivity index (χ2v) is 6.82. The highest BCUT2D eigenvalue weighted by Gasteiger charge is 2.42. The first-order chi connectivity index (χ1) is 10.1. The van der Waals surface area contributed by atoms with Crippen molar-refractivity contribution < 1.29 is 9.53 Å². The van der Waals surface area contributed by atoms with Gasteiger partial charge >= 0.3 is 0 Å². The van der Waals surface area contributed by atoms with E-state index in [2.05, 4.69) is 12.2 Å². The number of hydrogen-bond acceptors (Lipinski definition) is 2. The number of nitrogens with one attached hydrogen (secondary N) is 1. The van der Waals surface area contributed by atoms with E-state index in [0.29, 0.717) is 16.7 Å². The van der Waals surface area contributed by atoms with E-state index in [1.807, 2.05) is 12.1 Å². The molecule has 114 valence electrons. The summed E-state index contributed by atoms with van der Waals surface area (Å²) in [6, 6.07) is 7.45. The minimum absolute atomic E-state index is 0.0227. The van der Waals surface area contributed by atoms with Gasteiger partial charge in [-0.1, -0.05) is 30.2 Å². The number of hydrogen-bond donors (Lipinski definition) is 1. The summed E-state index contributed by atoms with van der Waals surface area (Å²) >= 11 is 6.00. The summed E-state index contributed by atoms with van der Waals surface area (Å²) in [5, 5.41) is 3.62. The van der Waals surface area contributed by atoms with Crippen LogP contribution in [-0.2, 0) is 4.79 Å². The van der Waals surface area contributed by atoms with Crippen LogP contribution in [0.4, 0.5) is 0 Å². The van der Waals surface area contributed by atoms with Gasteiger partial charge in [0.1, 0.15) is 5.75 Å². The molecule has 1 amide bonds. The number of amides is 1. The summed E-state index contributed by atoms with van der Waals surface area (Å²) in [6.45, 7) is 2.15. The van der Waals surface area contributed by atoms with Crippen molar-refractivity contribution in [1.82, 2.24) is 5.32 Å². The molecule has 2 bridgehead atoms. The molecule has 3 rings (SSSR count). The Labute approximate surface area is 131 Å². The van der Waals surface area contributed by atoms with Gasteiger partial charge < -0.3 is 10.1 Å². The van der Waals surface area contributed by atoms with Crippen LogP contribution in [0.2, 0.25) is 5.02 Å². The Balaban J connectivity index is 1.47. The fourth-order valence-electron chi connectivity index (χ4n) is 4.01. The first-order valence-corrected chi connectivity index (χ1v) is 8.18. The maximum atomic E-state index is 12.0. The van der Waals surface area contributed by atoms with Crippen LogP contribution in [0, 0.1) is 17.8 Å². The van der Waals surface area contributed by atoms with E-state index in [4.69, 9.17) is 16.3 Å². The first-order valence-electron chi connectivity index (χ1n) is 7.80. The molecule has 3 nitrogen and oxygen atoms in total. The zero-order valence-corrected chi connectivity index (χ0v) is 13.1. The smallest absolute Gasteiger partial charge is 0.258 e. The maximum Gasteiger partial charge on any atom is 0.258 e. The number of carbonyl (C=O) groups excluding carboxylic acids is 1. The monoisotopic (exact) mass is 307 g/mol. The summed E-state index contributed by atoms with van der Waals surface area (Å²) in [6.07, 6.45) is 5.36. The molecule has 0 saturated heterocycles. The number of fused-ring (bicyclic) bond motifs is 2. The SMILES string of the molecule is C[C@H](NC(=O)COc1ccccc1Cl)[C@@H]1C[C@@H]2CC[C@@H]1C2. The first kappa shape index (κ1) is 14.7. The van der Waals surface area contributed by atoms with E-state index in [0.717, 1.165) is 11.8 Å². The lowest BCUT2D eigenvalue weighted by Gasteiger charge is -2.28. The van der Waals surface area contributed by atoms with Gasteiger partial charge in [0.15, 0.2) is 6.61 Å². The molecule has 1 aromatic carbocycles. The van der Waals surface area contributed by atoms with E-state index in [-0.39, 0.29) is 18.6 Å². The summed E-state index contributed by atoms with van der Waals surface area (Å²) in [7, 11) is 0. The van der Waals surface area contributed by atoms with Gasteiger partial charge in [0.05, 0.1) is 5.02 Å². The largest absolute Gasteiger partial charge is 0.482 e. The molecule has 0 aromatic heterocycles. The fourth-order valence-corrected chi connectivity index (χ4v) is 4.20.